The van der Waals surface area contributed by atoms with Crippen LogP contribution in [0.25, 0.3) is 0 Å². The fourth-order valence-electron chi connectivity index (χ4n) is 1.83. The second-order valence-corrected chi connectivity index (χ2v) is 3.88. The zero-order chi connectivity index (χ0) is 7.40. The van der Waals surface area contributed by atoms with Crippen molar-refractivity contribution in [1.82, 2.24) is 0 Å². The summed E-state index contributed by atoms with van der Waals surface area (Å²) in [5, 5.41) is 0.459. The topological polar surface area (TPSA) is 0 Å². The molecule has 0 nitrogen and oxygen atoms in total. The molecule has 0 amide bonds. The molecule has 0 radical (unpaired) electrons. The van der Waals surface area contributed by atoms with Crippen LogP contribution in [0.15, 0.2) is 0 Å². The number of rotatable bonds is 2. The van der Waals surface area contributed by atoms with E-state index in [-0.39, 0.29) is 0 Å². The minimum atomic E-state index is 0.459. The van der Waals surface area contributed by atoms with E-state index in [2.05, 4.69) is 6.92 Å². The first-order valence-electron chi connectivity index (χ1n) is 4.48. The highest BCUT2D eigenvalue weighted by Gasteiger charge is 2.19. The Bertz CT molecular complexity index is 84.7. The molecule has 10 heavy (non-hydrogen) atoms. The van der Waals surface area contributed by atoms with Gasteiger partial charge in [-0.2, -0.15) is 0 Å². The third-order valence-corrected chi connectivity index (χ3v) is 3.22. The Morgan fingerprint density at radius 2 is 1.90 bits per heavy atom. The average molecular weight is 161 g/mol. The van der Waals surface area contributed by atoms with Crippen LogP contribution in [0.3, 0.4) is 0 Å². The molecule has 0 N–H and O–H groups in total. The second kappa shape index (κ2) is 4.23. The molecule has 1 fully saturated rings. The average Bonchev–Trinajstić information content (AvgIpc) is 2.05. The fourth-order valence-corrected chi connectivity index (χ4v) is 2.08. The molecule has 0 saturated heterocycles. The maximum Gasteiger partial charge on any atom is 0.0361 e. The van der Waals surface area contributed by atoms with Gasteiger partial charge in [0.05, 0.1) is 0 Å². The van der Waals surface area contributed by atoms with Crippen molar-refractivity contribution in [1.29, 1.82) is 0 Å². The Morgan fingerprint density at radius 3 is 2.40 bits per heavy atom. The summed E-state index contributed by atoms with van der Waals surface area (Å²) >= 11 is 6.14. The van der Waals surface area contributed by atoms with Crippen LogP contribution in [0.1, 0.15) is 45.4 Å². The largest absolute Gasteiger partial charge is 0.123 e. The molecule has 1 aliphatic carbocycles. The van der Waals surface area contributed by atoms with Gasteiger partial charge in [-0.25, -0.2) is 0 Å². The van der Waals surface area contributed by atoms with Crippen molar-refractivity contribution in [3.63, 3.8) is 0 Å². The van der Waals surface area contributed by atoms with Gasteiger partial charge >= 0.3 is 0 Å². The molecule has 0 bridgehead atoms. The van der Waals surface area contributed by atoms with Gasteiger partial charge in [0, 0.05) is 5.38 Å². The summed E-state index contributed by atoms with van der Waals surface area (Å²) in [4.78, 5) is 0. The lowest BCUT2D eigenvalue weighted by Crippen LogP contribution is -2.16. The Kier molecular flexibility index (Phi) is 3.55. The number of hydrogen-bond donors (Lipinski definition) is 0. The molecule has 0 spiro atoms. The smallest absolute Gasteiger partial charge is 0.0361 e. The van der Waals surface area contributed by atoms with Crippen LogP contribution in [0, 0.1) is 5.92 Å². The van der Waals surface area contributed by atoms with Gasteiger partial charge < -0.3 is 0 Å². The molecule has 0 aromatic carbocycles. The lowest BCUT2D eigenvalue weighted by Gasteiger charge is -2.24. The van der Waals surface area contributed by atoms with Gasteiger partial charge in [-0.3, -0.25) is 0 Å². The van der Waals surface area contributed by atoms with E-state index in [1.807, 2.05) is 0 Å². The minimum absolute atomic E-state index is 0.459. The molecular weight excluding hydrogens is 144 g/mol. The zero-order valence-corrected chi connectivity index (χ0v) is 7.53. The van der Waals surface area contributed by atoms with Gasteiger partial charge in [0.15, 0.2) is 0 Å². The van der Waals surface area contributed by atoms with Crippen LogP contribution in [0.4, 0.5) is 0 Å². The highest BCUT2D eigenvalue weighted by molar-refractivity contribution is 6.20. The molecule has 0 aromatic heterocycles. The molecule has 1 aliphatic rings. The molecule has 1 atom stereocenters. The zero-order valence-electron chi connectivity index (χ0n) is 6.78. The number of alkyl halides is 1. The van der Waals surface area contributed by atoms with E-state index in [4.69, 9.17) is 11.6 Å². The SMILES string of the molecule is CC[C@@H](Cl)C1CCCCC1. The van der Waals surface area contributed by atoms with Gasteiger partial charge in [-0.05, 0) is 25.2 Å². The Morgan fingerprint density at radius 1 is 1.30 bits per heavy atom. The predicted octanol–water partition coefficient (Wildman–Crippen LogP) is 3.58. The maximum absolute atomic E-state index is 6.14. The summed E-state index contributed by atoms with van der Waals surface area (Å²) in [5.41, 5.74) is 0. The van der Waals surface area contributed by atoms with Gasteiger partial charge in [0.25, 0.3) is 0 Å². The normalized spacial score (nSPS) is 24.6. The molecule has 0 aliphatic heterocycles. The van der Waals surface area contributed by atoms with Crippen molar-refractivity contribution in [2.45, 2.75) is 50.8 Å². The fraction of sp³-hybridized carbons (Fsp3) is 1.00. The van der Waals surface area contributed by atoms with Crippen LogP contribution >= 0.6 is 11.6 Å². The van der Waals surface area contributed by atoms with Crippen molar-refractivity contribution in [2.24, 2.45) is 5.92 Å². The van der Waals surface area contributed by atoms with Crippen LogP contribution in [-0.4, -0.2) is 5.38 Å². The van der Waals surface area contributed by atoms with Crippen molar-refractivity contribution in [3.05, 3.63) is 0 Å². The van der Waals surface area contributed by atoms with Crippen LogP contribution < -0.4 is 0 Å². The van der Waals surface area contributed by atoms with Gasteiger partial charge in [-0.15, -0.1) is 11.6 Å². The van der Waals surface area contributed by atoms with Crippen molar-refractivity contribution in [2.75, 3.05) is 0 Å². The molecular formula is C9H17Cl. The summed E-state index contributed by atoms with van der Waals surface area (Å²) in [6.07, 6.45) is 8.15. The molecule has 0 unspecified atom stereocenters. The van der Waals surface area contributed by atoms with E-state index in [0.717, 1.165) is 12.3 Å². The van der Waals surface area contributed by atoms with E-state index in [1.54, 1.807) is 0 Å². The second-order valence-electron chi connectivity index (χ2n) is 3.32. The summed E-state index contributed by atoms with van der Waals surface area (Å²) < 4.78 is 0. The van der Waals surface area contributed by atoms with Gasteiger partial charge in [0.1, 0.15) is 0 Å². The lowest BCUT2D eigenvalue weighted by molar-refractivity contribution is 0.341. The van der Waals surface area contributed by atoms with Gasteiger partial charge in [-0.1, -0.05) is 26.2 Å². The first kappa shape index (κ1) is 8.39. The van der Waals surface area contributed by atoms with E-state index in [1.165, 1.54) is 32.1 Å². The van der Waals surface area contributed by atoms with Crippen molar-refractivity contribution >= 4 is 11.6 Å². The van der Waals surface area contributed by atoms with Crippen molar-refractivity contribution < 1.29 is 0 Å². The van der Waals surface area contributed by atoms with Crippen molar-refractivity contribution in [3.8, 4) is 0 Å². The lowest BCUT2D eigenvalue weighted by atomic mass is 9.86. The molecule has 60 valence electrons. The van der Waals surface area contributed by atoms with E-state index < -0.39 is 0 Å². The Labute approximate surface area is 69.0 Å². The van der Waals surface area contributed by atoms with E-state index in [9.17, 15) is 0 Å². The first-order chi connectivity index (χ1) is 4.84. The summed E-state index contributed by atoms with van der Waals surface area (Å²) in [5.74, 6) is 0.834. The number of halogens is 1. The molecule has 0 aromatic rings. The van der Waals surface area contributed by atoms with Gasteiger partial charge in [0.2, 0.25) is 0 Å². The molecule has 0 heterocycles. The highest BCUT2D eigenvalue weighted by atomic mass is 35.5. The summed E-state index contributed by atoms with van der Waals surface area (Å²) in [6, 6.07) is 0. The van der Waals surface area contributed by atoms with E-state index >= 15 is 0 Å². The van der Waals surface area contributed by atoms with Crippen LogP contribution in [0.2, 0.25) is 0 Å². The first-order valence-corrected chi connectivity index (χ1v) is 4.92. The molecule has 1 rings (SSSR count). The number of hydrogen-bond acceptors (Lipinski definition) is 0. The monoisotopic (exact) mass is 160 g/mol. The predicted molar refractivity (Wildman–Crippen MR) is 46.5 cm³/mol. The quantitative estimate of drug-likeness (QED) is 0.542. The molecule has 1 heteroatoms. The minimum Gasteiger partial charge on any atom is -0.123 e. The maximum atomic E-state index is 6.14. The van der Waals surface area contributed by atoms with Crippen LogP contribution in [0.5, 0.6) is 0 Å². The molecule has 1 saturated carbocycles. The van der Waals surface area contributed by atoms with Crippen LogP contribution in [-0.2, 0) is 0 Å². The summed E-state index contributed by atoms with van der Waals surface area (Å²) in [6.45, 7) is 2.19. The Balaban J connectivity index is 2.24. The third kappa shape index (κ3) is 2.16. The van der Waals surface area contributed by atoms with E-state index in [0.29, 0.717) is 5.38 Å². The third-order valence-electron chi connectivity index (χ3n) is 2.55. The standard InChI is InChI=1S/C9H17Cl/c1-2-9(10)8-6-4-3-5-7-8/h8-9H,2-7H2,1H3/t9-/m1/s1. The summed E-state index contributed by atoms with van der Waals surface area (Å²) in [7, 11) is 0. The highest BCUT2D eigenvalue weighted by Crippen LogP contribution is 2.30. The Hall–Kier alpha value is 0.290.